The van der Waals surface area contributed by atoms with Gasteiger partial charge in [0.05, 0.1) is 5.69 Å². The highest BCUT2D eigenvalue weighted by Gasteiger charge is 2.32. The highest BCUT2D eigenvalue weighted by atomic mass is 19.1. The molecule has 92 valence electrons. The number of urea groups is 1. The first-order valence-electron chi connectivity index (χ1n) is 5.74. The number of hydrogen-bond acceptors (Lipinski definition) is 2. The number of anilines is 1. The van der Waals surface area contributed by atoms with Crippen molar-refractivity contribution >= 4 is 11.7 Å². The monoisotopic (exact) mass is 237 g/mol. The van der Waals surface area contributed by atoms with Gasteiger partial charge < -0.3 is 16.0 Å². The van der Waals surface area contributed by atoms with E-state index in [2.05, 4.69) is 5.32 Å². The molecule has 0 bridgehead atoms. The smallest absolute Gasteiger partial charge is 0.322 e. The lowest BCUT2D eigenvalue weighted by molar-refractivity contribution is 0.210. The number of carbonyl (C=O) groups is 1. The van der Waals surface area contributed by atoms with Crippen LogP contribution in [0.25, 0.3) is 0 Å². The average molecular weight is 237 g/mol. The summed E-state index contributed by atoms with van der Waals surface area (Å²) in [5, 5.41) is 2.57. The molecule has 17 heavy (non-hydrogen) atoms. The summed E-state index contributed by atoms with van der Waals surface area (Å²) in [6, 6.07) is 6.13. The second-order valence-electron chi connectivity index (χ2n) is 4.12. The number of nitrogens with one attached hydrogen (secondary N) is 1. The molecular formula is C12H16FN3O. The quantitative estimate of drug-likeness (QED) is 0.838. The first kappa shape index (κ1) is 11.9. The molecule has 2 rings (SSSR count). The lowest BCUT2D eigenvalue weighted by Crippen LogP contribution is -2.40. The maximum absolute atomic E-state index is 13.4. The molecule has 1 aromatic carbocycles. The Morgan fingerprint density at radius 2 is 2.18 bits per heavy atom. The van der Waals surface area contributed by atoms with Gasteiger partial charge in [0.2, 0.25) is 0 Å². The molecule has 1 aliphatic rings. The molecule has 1 aromatic rings. The van der Waals surface area contributed by atoms with Crippen LogP contribution in [0.2, 0.25) is 0 Å². The first-order chi connectivity index (χ1) is 8.22. The van der Waals surface area contributed by atoms with Crippen LogP contribution in [0.1, 0.15) is 12.8 Å². The van der Waals surface area contributed by atoms with Gasteiger partial charge in [0.1, 0.15) is 5.82 Å². The SMILES string of the molecule is NCCN(C(=O)Nc1ccccc1F)C1CC1. The number of carbonyl (C=O) groups excluding carboxylic acids is 1. The van der Waals surface area contributed by atoms with Crippen molar-refractivity contribution in [3.8, 4) is 0 Å². The Balaban J connectivity index is 2.02. The number of halogens is 1. The minimum Gasteiger partial charge on any atom is -0.329 e. The number of nitrogens with zero attached hydrogens (tertiary/aromatic N) is 1. The minimum atomic E-state index is -0.427. The molecule has 0 atom stereocenters. The summed E-state index contributed by atoms with van der Waals surface area (Å²) in [5.41, 5.74) is 5.67. The standard InChI is InChI=1S/C12H16FN3O/c13-10-3-1-2-4-11(10)15-12(17)16(8-7-14)9-5-6-9/h1-4,9H,5-8,14H2,(H,15,17). The number of amides is 2. The average Bonchev–Trinajstić information content (AvgIpc) is 3.13. The van der Waals surface area contributed by atoms with Crippen LogP contribution in [-0.4, -0.2) is 30.1 Å². The van der Waals surface area contributed by atoms with Crippen molar-refractivity contribution in [1.82, 2.24) is 4.90 Å². The molecule has 3 N–H and O–H groups in total. The van der Waals surface area contributed by atoms with E-state index in [9.17, 15) is 9.18 Å². The van der Waals surface area contributed by atoms with E-state index >= 15 is 0 Å². The van der Waals surface area contributed by atoms with E-state index in [1.54, 1.807) is 23.1 Å². The molecule has 0 unspecified atom stereocenters. The van der Waals surface area contributed by atoms with E-state index in [1.807, 2.05) is 0 Å². The van der Waals surface area contributed by atoms with E-state index in [0.717, 1.165) is 12.8 Å². The fourth-order valence-electron chi connectivity index (χ4n) is 1.72. The molecule has 0 heterocycles. The normalized spacial score (nSPS) is 14.5. The van der Waals surface area contributed by atoms with Gasteiger partial charge in [0, 0.05) is 19.1 Å². The van der Waals surface area contributed by atoms with Crippen molar-refractivity contribution in [2.45, 2.75) is 18.9 Å². The van der Waals surface area contributed by atoms with E-state index in [0.29, 0.717) is 13.1 Å². The van der Waals surface area contributed by atoms with Crippen molar-refractivity contribution in [3.63, 3.8) is 0 Å². The van der Waals surface area contributed by atoms with Gasteiger partial charge in [0.25, 0.3) is 0 Å². The van der Waals surface area contributed by atoms with Gasteiger partial charge in [-0.15, -0.1) is 0 Å². The van der Waals surface area contributed by atoms with Crippen LogP contribution in [0.5, 0.6) is 0 Å². The van der Waals surface area contributed by atoms with Crippen LogP contribution < -0.4 is 11.1 Å². The van der Waals surface area contributed by atoms with Gasteiger partial charge in [-0.25, -0.2) is 9.18 Å². The zero-order chi connectivity index (χ0) is 12.3. The molecule has 2 amide bonds. The first-order valence-corrected chi connectivity index (χ1v) is 5.74. The Kier molecular flexibility index (Phi) is 3.58. The van der Waals surface area contributed by atoms with Crippen molar-refractivity contribution in [2.24, 2.45) is 5.73 Å². The van der Waals surface area contributed by atoms with Crippen molar-refractivity contribution < 1.29 is 9.18 Å². The zero-order valence-electron chi connectivity index (χ0n) is 9.53. The molecule has 1 fully saturated rings. The highest BCUT2D eigenvalue weighted by Crippen LogP contribution is 2.27. The van der Waals surface area contributed by atoms with Gasteiger partial charge in [0.15, 0.2) is 0 Å². The van der Waals surface area contributed by atoms with Crippen molar-refractivity contribution in [1.29, 1.82) is 0 Å². The minimum absolute atomic E-state index is 0.208. The summed E-state index contributed by atoms with van der Waals surface area (Å²) < 4.78 is 13.4. The summed E-state index contributed by atoms with van der Waals surface area (Å²) in [6.07, 6.45) is 2.01. The van der Waals surface area contributed by atoms with Crippen LogP contribution in [0.15, 0.2) is 24.3 Å². The molecule has 1 saturated carbocycles. The zero-order valence-corrected chi connectivity index (χ0v) is 9.53. The largest absolute Gasteiger partial charge is 0.329 e. The number of nitrogens with two attached hydrogens (primary N) is 1. The molecule has 4 nitrogen and oxygen atoms in total. The maximum Gasteiger partial charge on any atom is 0.322 e. The van der Waals surface area contributed by atoms with Gasteiger partial charge in [-0.05, 0) is 25.0 Å². The fourth-order valence-corrected chi connectivity index (χ4v) is 1.72. The summed E-state index contributed by atoms with van der Waals surface area (Å²) >= 11 is 0. The highest BCUT2D eigenvalue weighted by molar-refractivity contribution is 5.89. The molecule has 0 radical (unpaired) electrons. The Hall–Kier alpha value is -1.62. The van der Waals surface area contributed by atoms with Crippen LogP contribution in [0, 0.1) is 5.82 Å². The molecule has 0 aromatic heterocycles. The second-order valence-corrected chi connectivity index (χ2v) is 4.12. The molecule has 0 aliphatic heterocycles. The Morgan fingerprint density at radius 3 is 2.76 bits per heavy atom. The van der Waals surface area contributed by atoms with Gasteiger partial charge in [-0.2, -0.15) is 0 Å². The third-order valence-electron chi connectivity index (χ3n) is 2.73. The third kappa shape index (κ3) is 2.94. The number of hydrogen-bond donors (Lipinski definition) is 2. The predicted octanol–water partition coefficient (Wildman–Crippen LogP) is 1.78. The number of rotatable bonds is 4. The van der Waals surface area contributed by atoms with E-state index < -0.39 is 5.82 Å². The van der Waals surface area contributed by atoms with Gasteiger partial charge in [-0.1, -0.05) is 12.1 Å². The van der Waals surface area contributed by atoms with E-state index in [4.69, 9.17) is 5.73 Å². The predicted molar refractivity (Wildman–Crippen MR) is 64.2 cm³/mol. The van der Waals surface area contributed by atoms with Crippen LogP contribution >= 0.6 is 0 Å². The summed E-state index contributed by atoms with van der Waals surface area (Å²) in [7, 11) is 0. The maximum atomic E-state index is 13.4. The number of para-hydroxylation sites is 1. The lowest BCUT2D eigenvalue weighted by Gasteiger charge is -2.22. The fraction of sp³-hybridized carbons (Fsp3) is 0.417. The third-order valence-corrected chi connectivity index (χ3v) is 2.73. The summed E-state index contributed by atoms with van der Waals surface area (Å²) in [5.74, 6) is -0.427. The summed E-state index contributed by atoms with van der Waals surface area (Å²) in [6.45, 7) is 0.923. The Bertz CT molecular complexity index is 406. The lowest BCUT2D eigenvalue weighted by atomic mass is 10.3. The Morgan fingerprint density at radius 1 is 1.47 bits per heavy atom. The Labute approximate surface area is 99.6 Å². The molecule has 0 saturated heterocycles. The van der Waals surface area contributed by atoms with Crippen LogP contribution in [-0.2, 0) is 0 Å². The molecule has 0 spiro atoms. The molecule has 5 heteroatoms. The topological polar surface area (TPSA) is 58.4 Å². The van der Waals surface area contributed by atoms with Crippen molar-refractivity contribution in [2.75, 3.05) is 18.4 Å². The number of benzene rings is 1. The van der Waals surface area contributed by atoms with Gasteiger partial charge in [-0.3, -0.25) is 0 Å². The van der Waals surface area contributed by atoms with E-state index in [-0.39, 0.29) is 17.8 Å². The van der Waals surface area contributed by atoms with Crippen LogP contribution in [0.4, 0.5) is 14.9 Å². The molecule has 1 aliphatic carbocycles. The summed E-state index contributed by atoms with van der Waals surface area (Å²) in [4.78, 5) is 13.6. The van der Waals surface area contributed by atoms with Crippen molar-refractivity contribution in [3.05, 3.63) is 30.1 Å². The van der Waals surface area contributed by atoms with E-state index in [1.165, 1.54) is 6.07 Å². The van der Waals surface area contributed by atoms with Crippen LogP contribution in [0.3, 0.4) is 0 Å². The van der Waals surface area contributed by atoms with Gasteiger partial charge >= 0.3 is 6.03 Å². The molecular weight excluding hydrogens is 221 g/mol. The second kappa shape index (κ2) is 5.14.